The van der Waals surface area contributed by atoms with Gasteiger partial charge in [-0.3, -0.25) is 4.79 Å². The van der Waals surface area contributed by atoms with Crippen LogP contribution in [0.4, 0.5) is 0 Å². The molecule has 3 N–H and O–H groups in total. The van der Waals surface area contributed by atoms with Gasteiger partial charge in [-0.15, -0.1) is 0 Å². The van der Waals surface area contributed by atoms with Crippen LogP contribution in [0.15, 0.2) is 51.7 Å². The Morgan fingerprint density at radius 1 is 1.21 bits per heavy atom. The van der Waals surface area contributed by atoms with Crippen molar-refractivity contribution in [2.24, 2.45) is 0 Å². The molecule has 1 atom stereocenters. The minimum absolute atomic E-state index is 0.00488. The lowest BCUT2D eigenvalue weighted by molar-refractivity contribution is -0.139. The summed E-state index contributed by atoms with van der Waals surface area (Å²) in [6.07, 6.45) is 2.23. The number of hydrogen-bond acceptors (Lipinski definition) is 5. The average molecular weight is 395 g/mol. The fourth-order valence-electron chi connectivity index (χ4n) is 3.49. The number of fused-ring (bicyclic) bond motifs is 1. The number of aryl methyl sites for hydroxylation is 1. The summed E-state index contributed by atoms with van der Waals surface area (Å²) in [5.41, 5.74) is 2.48. The largest absolute Gasteiger partial charge is 0.507 e. The van der Waals surface area contributed by atoms with Crippen molar-refractivity contribution in [2.45, 2.75) is 45.7 Å². The molecule has 0 aliphatic heterocycles. The van der Waals surface area contributed by atoms with Crippen LogP contribution in [0, 0.1) is 6.92 Å². The van der Waals surface area contributed by atoms with Crippen LogP contribution >= 0.6 is 0 Å². The van der Waals surface area contributed by atoms with Gasteiger partial charge in [0.1, 0.15) is 17.4 Å². The van der Waals surface area contributed by atoms with E-state index in [9.17, 15) is 19.8 Å². The molecule has 0 radical (unpaired) electrons. The molecule has 0 saturated heterocycles. The Hall–Kier alpha value is -3.12. The monoisotopic (exact) mass is 395 g/mol. The van der Waals surface area contributed by atoms with E-state index in [4.69, 9.17) is 4.42 Å². The number of carboxylic acid groups (broad SMARTS) is 1. The van der Waals surface area contributed by atoms with Gasteiger partial charge in [0, 0.05) is 23.7 Å². The number of benzene rings is 2. The number of hydrogen-bond donors (Lipinski definition) is 3. The maximum atomic E-state index is 12.0. The van der Waals surface area contributed by atoms with Crippen molar-refractivity contribution in [3.05, 3.63) is 64.0 Å². The van der Waals surface area contributed by atoms with E-state index in [1.54, 1.807) is 13.0 Å². The first kappa shape index (κ1) is 20.6. The molecular weight excluding hydrogens is 370 g/mol. The molecule has 0 saturated carbocycles. The maximum absolute atomic E-state index is 12.0. The van der Waals surface area contributed by atoms with Gasteiger partial charge in [0.05, 0.1) is 5.39 Å². The minimum atomic E-state index is -0.910. The van der Waals surface area contributed by atoms with E-state index < -0.39 is 17.6 Å². The van der Waals surface area contributed by atoms with Crippen molar-refractivity contribution in [1.82, 2.24) is 5.32 Å². The molecule has 152 valence electrons. The van der Waals surface area contributed by atoms with Gasteiger partial charge in [-0.05, 0) is 30.5 Å². The highest BCUT2D eigenvalue weighted by molar-refractivity contribution is 5.98. The van der Waals surface area contributed by atoms with Crippen LogP contribution in [0.5, 0.6) is 5.75 Å². The maximum Gasteiger partial charge on any atom is 0.336 e. The molecule has 0 fully saturated rings. The van der Waals surface area contributed by atoms with Crippen LogP contribution in [0.25, 0.3) is 22.1 Å². The fourth-order valence-corrected chi connectivity index (χ4v) is 3.49. The number of rotatable bonds is 8. The summed E-state index contributed by atoms with van der Waals surface area (Å²) < 4.78 is 5.33. The van der Waals surface area contributed by atoms with E-state index >= 15 is 0 Å². The van der Waals surface area contributed by atoms with Crippen molar-refractivity contribution < 1.29 is 19.4 Å². The summed E-state index contributed by atoms with van der Waals surface area (Å²) in [7, 11) is 0. The number of aromatic hydroxyl groups is 1. The third-order valence-corrected chi connectivity index (χ3v) is 5.09. The standard InChI is InChI=1S/C23H25NO5/c1-3-4-10-18(23(27)28)24-13-17-14(2)11-19-21(22(17)26)16(12-20(25)29-19)15-8-6-5-7-9-15/h5-9,11-12,18,24,26H,3-4,10,13H2,1-2H3,(H,27,28)/t18-/m0/s1. The van der Waals surface area contributed by atoms with Crippen LogP contribution in [0.1, 0.15) is 37.3 Å². The van der Waals surface area contributed by atoms with Crippen LogP contribution in [-0.2, 0) is 11.3 Å². The summed E-state index contributed by atoms with van der Waals surface area (Å²) in [4.78, 5) is 23.6. The molecule has 0 spiro atoms. The van der Waals surface area contributed by atoms with Crippen LogP contribution < -0.4 is 10.9 Å². The van der Waals surface area contributed by atoms with Gasteiger partial charge >= 0.3 is 11.6 Å². The van der Waals surface area contributed by atoms with E-state index in [1.165, 1.54) is 6.07 Å². The van der Waals surface area contributed by atoms with Gasteiger partial charge < -0.3 is 19.9 Å². The topological polar surface area (TPSA) is 99.8 Å². The van der Waals surface area contributed by atoms with Gasteiger partial charge in [0.15, 0.2) is 0 Å². The normalized spacial score (nSPS) is 12.2. The molecule has 3 aromatic rings. The molecule has 1 aromatic heterocycles. The molecule has 0 aliphatic rings. The van der Waals surface area contributed by atoms with Crippen molar-refractivity contribution in [3.63, 3.8) is 0 Å². The number of phenols is 1. The highest BCUT2D eigenvalue weighted by atomic mass is 16.4. The van der Waals surface area contributed by atoms with E-state index in [2.05, 4.69) is 5.32 Å². The lowest BCUT2D eigenvalue weighted by Crippen LogP contribution is -2.36. The fraction of sp³-hybridized carbons (Fsp3) is 0.304. The van der Waals surface area contributed by atoms with Gasteiger partial charge in [-0.25, -0.2) is 4.79 Å². The lowest BCUT2D eigenvalue weighted by Gasteiger charge is -2.18. The SMILES string of the molecule is CCCC[C@H](NCc1c(C)cc2oc(=O)cc(-c3ccccc3)c2c1O)C(=O)O. The van der Waals surface area contributed by atoms with Crippen molar-refractivity contribution in [1.29, 1.82) is 0 Å². The molecule has 0 amide bonds. The number of carboxylic acids is 1. The smallest absolute Gasteiger partial charge is 0.336 e. The zero-order valence-corrected chi connectivity index (χ0v) is 16.6. The number of phenolic OH excluding ortho intramolecular Hbond substituents is 1. The van der Waals surface area contributed by atoms with Crippen molar-refractivity contribution >= 4 is 16.9 Å². The quantitative estimate of drug-likeness (QED) is 0.494. The van der Waals surface area contributed by atoms with E-state index in [0.29, 0.717) is 28.5 Å². The first-order valence-corrected chi connectivity index (χ1v) is 9.73. The predicted molar refractivity (Wildman–Crippen MR) is 112 cm³/mol. The number of nitrogens with one attached hydrogen (secondary N) is 1. The molecule has 29 heavy (non-hydrogen) atoms. The number of aliphatic carboxylic acids is 1. The molecule has 6 nitrogen and oxygen atoms in total. The summed E-state index contributed by atoms with van der Waals surface area (Å²) in [6, 6.07) is 11.7. The Morgan fingerprint density at radius 3 is 2.59 bits per heavy atom. The zero-order valence-electron chi connectivity index (χ0n) is 16.6. The molecule has 2 aromatic carbocycles. The Balaban J connectivity index is 2.06. The van der Waals surface area contributed by atoms with Crippen LogP contribution in [-0.4, -0.2) is 22.2 Å². The highest BCUT2D eigenvalue weighted by Gasteiger charge is 2.20. The lowest BCUT2D eigenvalue weighted by atomic mass is 9.96. The Kier molecular flexibility index (Phi) is 6.34. The predicted octanol–water partition coefficient (Wildman–Crippen LogP) is 4.21. The Labute approximate surface area is 168 Å². The van der Waals surface area contributed by atoms with Crippen LogP contribution in [0.2, 0.25) is 0 Å². The Morgan fingerprint density at radius 2 is 1.93 bits per heavy atom. The average Bonchev–Trinajstić information content (AvgIpc) is 2.69. The molecule has 0 unspecified atom stereocenters. The molecule has 1 heterocycles. The van der Waals surface area contributed by atoms with Crippen molar-refractivity contribution in [3.8, 4) is 16.9 Å². The van der Waals surface area contributed by atoms with Gasteiger partial charge in [0.25, 0.3) is 0 Å². The summed E-state index contributed by atoms with van der Waals surface area (Å²) in [5.74, 6) is -0.915. The second-order valence-electron chi connectivity index (χ2n) is 7.15. The van der Waals surface area contributed by atoms with Gasteiger partial charge in [-0.1, -0.05) is 50.1 Å². The number of carbonyl (C=O) groups is 1. The summed E-state index contributed by atoms with van der Waals surface area (Å²) >= 11 is 0. The van der Waals surface area contributed by atoms with Gasteiger partial charge in [0.2, 0.25) is 0 Å². The first-order valence-electron chi connectivity index (χ1n) is 9.73. The molecule has 6 heteroatoms. The molecule has 3 rings (SSSR count). The third-order valence-electron chi connectivity index (χ3n) is 5.09. The van der Waals surface area contributed by atoms with Crippen LogP contribution in [0.3, 0.4) is 0 Å². The van der Waals surface area contributed by atoms with E-state index in [0.717, 1.165) is 24.0 Å². The van der Waals surface area contributed by atoms with Gasteiger partial charge in [-0.2, -0.15) is 0 Å². The molecular formula is C23H25NO5. The van der Waals surface area contributed by atoms with Crippen molar-refractivity contribution in [2.75, 3.05) is 0 Å². The summed E-state index contributed by atoms with van der Waals surface area (Å²) in [5, 5.41) is 24.0. The van der Waals surface area contributed by atoms with E-state index in [1.807, 2.05) is 37.3 Å². The second kappa shape index (κ2) is 8.92. The molecule has 0 aliphatic carbocycles. The first-order chi connectivity index (χ1) is 13.9. The third kappa shape index (κ3) is 4.49. The Bertz CT molecular complexity index is 1070. The summed E-state index contributed by atoms with van der Waals surface area (Å²) in [6.45, 7) is 4.01. The second-order valence-corrected chi connectivity index (χ2v) is 7.15. The highest BCUT2D eigenvalue weighted by Crippen LogP contribution is 2.37. The molecule has 0 bridgehead atoms. The number of unbranched alkanes of at least 4 members (excludes halogenated alkanes) is 1. The minimum Gasteiger partial charge on any atom is -0.507 e. The zero-order chi connectivity index (χ0) is 21.0. The van der Waals surface area contributed by atoms with E-state index in [-0.39, 0.29) is 12.3 Å².